The average molecular weight is 719 g/mol. The zero-order valence-electron chi connectivity index (χ0n) is 33.2. The molecule has 56 heavy (non-hydrogen) atoms. The van der Waals surface area contributed by atoms with E-state index in [4.69, 9.17) is 0 Å². The van der Waals surface area contributed by atoms with E-state index >= 15 is 0 Å². The first-order valence-corrected chi connectivity index (χ1v) is 20.0. The molecule has 10 aromatic carbocycles. The summed E-state index contributed by atoms with van der Waals surface area (Å²) in [5, 5.41) is 15.3. The number of fused-ring (bicyclic) bond motifs is 8. The van der Waals surface area contributed by atoms with Crippen molar-refractivity contribution in [2.24, 2.45) is 0 Å². The van der Waals surface area contributed by atoms with Crippen molar-refractivity contribution in [2.75, 3.05) is 0 Å². The lowest BCUT2D eigenvalue weighted by Gasteiger charge is -2.24. The summed E-state index contributed by atoms with van der Waals surface area (Å²) >= 11 is 0. The van der Waals surface area contributed by atoms with Gasteiger partial charge in [0, 0.05) is 0 Å². The van der Waals surface area contributed by atoms with Gasteiger partial charge in [0.2, 0.25) is 0 Å². The molecule has 0 heteroatoms. The van der Waals surface area contributed by atoms with Crippen LogP contribution in [0.4, 0.5) is 0 Å². The summed E-state index contributed by atoms with van der Waals surface area (Å²) in [4.78, 5) is 0. The van der Waals surface area contributed by atoms with E-state index in [1.165, 1.54) is 109 Å². The Morgan fingerprint density at radius 1 is 0.250 bits per heavy atom. The van der Waals surface area contributed by atoms with Crippen molar-refractivity contribution in [3.05, 3.63) is 181 Å². The van der Waals surface area contributed by atoms with Gasteiger partial charge in [-0.15, -0.1) is 0 Å². The third kappa shape index (κ3) is 5.75. The summed E-state index contributed by atoms with van der Waals surface area (Å²) in [5.74, 6) is 0. The lowest BCUT2D eigenvalue weighted by Crippen LogP contribution is -2.12. The predicted octanol–water partition coefficient (Wildman–Crippen LogP) is 16.2. The van der Waals surface area contributed by atoms with Crippen LogP contribution in [0, 0.1) is 0 Å². The lowest BCUT2D eigenvalue weighted by atomic mass is 9.80. The molecular formula is C56H46. The summed E-state index contributed by atoms with van der Waals surface area (Å²) in [7, 11) is 0. The highest BCUT2D eigenvalue weighted by atomic mass is 14.3. The van der Waals surface area contributed by atoms with Crippen LogP contribution in [0.1, 0.15) is 52.7 Å². The smallest absolute Gasteiger partial charge is 0.00923 e. The molecule has 10 aromatic rings. The van der Waals surface area contributed by atoms with E-state index in [-0.39, 0.29) is 10.8 Å². The predicted molar refractivity (Wildman–Crippen MR) is 245 cm³/mol. The second-order valence-electron chi connectivity index (χ2n) is 17.8. The van der Waals surface area contributed by atoms with Crippen molar-refractivity contribution < 1.29 is 0 Å². The Hall–Kier alpha value is -6.24. The van der Waals surface area contributed by atoms with Crippen LogP contribution in [-0.2, 0) is 10.8 Å². The average Bonchev–Trinajstić information content (AvgIpc) is 3.21. The molecule has 0 unspecified atom stereocenters. The molecule has 0 amide bonds. The Kier molecular flexibility index (Phi) is 7.74. The molecule has 0 aliphatic rings. The number of hydrogen-bond donors (Lipinski definition) is 0. The monoisotopic (exact) mass is 718 g/mol. The van der Waals surface area contributed by atoms with Crippen LogP contribution < -0.4 is 0 Å². The van der Waals surface area contributed by atoms with Gasteiger partial charge in [0.25, 0.3) is 0 Å². The first-order chi connectivity index (χ1) is 27.0. The van der Waals surface area contributed by atoms with E-state index in [0.717, 1.165) is 0 Å². The van der Waals surface area contributed by atoms with Crippen molar-refractivity contribution in [3.63, 3.8) is 0 Å². The molecule has 0 saturated heterocycles. The van der Waals surface area contributed by atoms with Crippen LogP contribution in [0.2, 0.25) is 0 Å². The first-order valence-electron chi connectivity index (χ1n) is 20.0. The second-order valence-corrected chi connectivity index (χ2v) is 17.8. The van der Waals surface area contributed by atoms with Crippen LogP contribution in [-0.4, -0.2) is 0 Å². The van der Waals surface area contributed by atoms with Crippen LogP contribution in [0.25, 0.3) is 98.0 Å². The number of hydrogen-bond acceptors (Lipinski definition) is 0. The largest absolute Gasteiger partial charge is 0.0616 e. The zero-order chi connectivity index (χ0) is 38.3. The van der Waals surface area contributed by atoms with Gasteiger partial charge < -0.3 is 0 Å². The molecular weight excluding hydrogens is 673 g/mol. The van der Waals surface area contributed by atoms with Gasteiger partial charge in [-0.3, -0.25) is 0 Å². The van der Waals surface area contributed by atoms with Crippen LogP contribution in [0.3, 0.4) is 0 Å². The van der Waals surface area contributed by atoms with E-state index in [0.29, 0.717) is 0 Å². The summed E-state index contributed by atoms with van der Waals surface area (Å²) < 4.78 is 0. The van der Waals surface area contributed by atoms with E-state index in [1.807, 2.05) is 0 Å². The van der Waals surface area contributed by atoms with Crippen LogP contribution in [0.5, 0.6) is 0 Å². The molecule has 0 heterocycles. The van der Waals surface area contributed by atoms with Crippen molar-refractivity contribution in [1.82, 2.24) is 0 Å². The fourth-order valence-electron chi connectivity index (χ4n) is 8.86. The molecule has 10 rings (SSSR count). The van der Waals surface area contributed by atoms with E-state index < -0.39 is 0 Å². The summed E-state index contributed by atoms with van der Waals surface area (Å²) in [6.07, 6.45) is 0. The fourth-order valence-corrected chi connectivity index (χ4v) is 8.86. The molecule has 0 radical (unpaired) electrons. The summed E-state index contributed by atoms with van der Waals surface area (Å²) in [5.41, 5.74) is 10.3. The van der Waals surface area contributed by atoms with Gasteiger partial charge in [0.15, 0.2) is 0 Å². The normalized spacial score (nSPS) is 12.5. The highest BCUT2D eigenvalue weighted by Crippen LogP contribution is 2.45. The Morgan fingerprint density at radius 3 is 1.32 bits per heavy atom. The molecule has 0 aliphatic carbocycles. The van der Waals surface area contributed by atoms with E-state index in [2.05, 4.69) is 211 Å². The second kappa shape index (κ2) is 12.7. The van der Waals surface area contributed by atoms with Gasteiger partial charge in [-0.25, -0.2) is 0 Å². The Bertz CT molecular complexity index is 3200. The van der Waals surface area contributed by atoms with Gasteiger partial charge in [-0.2, -0.15) is 0 Å². The molecule has 0 nitrogen and oxygen atoms in total. The van der Waals surface area contributed by atoms with Gasteiger partial charge in [-0.1, -0.05) is 175 Å². The quantitative estimate of drug-likeness (QED) is 0.160. The van der Waals surface area contributed by atoms with Crippen molar-refractivity contribution in [1.29, 1.82) is 0 Å². The van der Waals surface area contributed by atoms with Crippen LogP contribution in [0.15, 0.2) is 170 Å². The molecule has 270 valence electrons. The molecule has 0 aromatic heterocycles. The van der Waals surface area contributed by atoms with E-state index in [9.17, 15) is 0 Å². The van der Waals surface area contributed by atoms with Gasteiger partial charge in [0.05, 0.1) is 0 Å². The highest BCUT2D eigenvalue weighted by Gasteiger charge is 2.21. The van der Waals surface area contributed by atoms with Gasteiger partial charge in [0.1, 0.15) is 0 Å². The Labute approximate surface area is 330 Å². The fraction of sp³-hybridized carbons (Fsp3) is 0.143. The molecule has 0 aliphatic heterocycles. The number of rotatable bonds is 3. The Balaban J connectivity index is 1.31. The summed E-state index contributed by atoms with van der Waals surface area (Å²) in [6.45, 7) is 13.9. The molecule has 0 fully saturated rings. The molecule has 0 atom stereocenters. The lowest BCUT2D eigenvalue weighted by molar-refractivity contribution is 0.589. The third-order valence-electron chi connectivity index (χ3n) is 12.1. The minimum atomic E-state index is 0.00909. The number of benzene rings is 10. The van der Waals surface area contributed by atoms with Crippen molar-refractivity contribution in [2.45, 2.75) is 52.4 Å². The van der Waals surface area contributed by atoms with Gasteiger partial charge in [-0.05, 0) is 156 Å². The van der Waals surface area contributed by atoms with Gasteiger partial charge >= 0.3 is 0 Å². The van der Waals surface area contributed by atoms with Crippen molar-refractivity contribution in [3.8, 4) is 33.4 Å². The highest BCUT2D eigenvalue weighted by molar-refractivity contribution is 6.24. The standard InChI is InChI=1S/C56H46/c1-55(2,3)43-25-23-41-29-44(56(4,5)6)32-49(48(41)31-43)42-24-26-47-52(30-42)51(40-22-20-36-14-8-10-16-38(36)28-40)34-53-46-18-12-11-17-45(46)50(33-54(47)53)39-21-19-35-13-7-9-15-37(35)27-39/h7-34H,1-6H3. The van der Waals surface area contributed by atoms with Crippen molar-refractivity contribution >= 4 is 64.6 Å². The molecule has 0 N–H and O–H groups in total. The maximum atomic E-state index is 2.48. The minimum Gasteiger partial charge on any atom is -0.0616 e. The minimum absolute atomic E-state index is 0.00909. The van der Waals surface area contributed by atoms with E-state index in [1.54, 1.807) is 0 Å². The zero-order valence-corrected chi connectivity index (χ0v) is 33.2. The topological polar surface area (TPSA) is 0 Å². The first kappa shape index (κ1) is 34.3. The third-order valence-corrected chi connectivity index (χ3v) is 12.1. The molecule has 0 spiro atoms. The molecule has 0 saturated carbocycles. The SMILES string of the molecule is CC(C)(C)c1cc(-c2ccc3c(c2)c(-c2ccc4ccccc4c2)cc2c4ccccc4c(-c4ccc5ccccc5c4)cc32)c2cc(C(C)(C)C)ccc2c1. The maximum Gasteiger partial charge on any atom is -0.00923 e. The summed E-state index contributed by atoms with van der Waals surface area (Å²) in [6, 6.07) is 64.4. The molecule has 0 bridgehead atoms. The maximum absolute atomic E-state index is 2.48. The van der Waals surface area contributed by atoms with Crippen LogP contribution >= 0.6 is 0 Å². The Morgan fingerprint density at radius 2 is 0.714 bits per heavy atom.